The van der Waals surface area contributed by atoms with Crippen LogP contribution in [0.3, 0.4) is 0 Å². The highest BCUT2D eigenvalue weighted by Gasteiger charge is 2.10. The minimum atomic E-state index is -0.229. The molecule has 7 nitrogen and oxygen atoms in total. The van der Waals surface area contributed by atoms with Crippen molar-refractivity contribution < 1.29 is 14.4 Å². The summed E-state index contributed by atoms with van der Waals surface area (Å²) in [6.07, 6.45) is 1.73. The summed E-state index contributed by atoms with van der Waals surface area (Å²) in [4.78, 5) is 36.4. The first-order valence-corrected chi connectivity index (χ1v) is 10.3. The zero-order chi connectivity index (χ0) is 21.9. The summed E-state index contributed by atoms with van der Waals surface area (Å²) in [5.41, 5.74) is 2.38. The van der Waals surface area contributed by atoms with Crippen molar-refractivity contribution in [2.45, 2.75) is 39.7 Å². The van der Waals surface area contributed by atoms with Crippen LogP contribution >= 0.6 is 0 Å². The van der Waals surface area contributed by atoms with Gasteiger partial charge in [0.25, 0.3) is 11.8 Å². The van der Waals surface area contributed by atoms with Crippen LogP contribution in [-0.4, -0.2) is 36.9 Å². The van der Waals surface area contributed by atoms with E-state index in [0.717, 1.165) is 12.8 Å². The van der Waals surface area contributed by atoms with Crippen molar-refractivity contribution in [2.24, 2.45) is 0 Å². The summed E-state index contributed by atoms with van der Waals surface area (Å²) in [5, 5.41) is 11.5. The van der Waals surface area contributed by atoms with E-state index in [1.54, 1.807) is 48.5 Å². The Bertz CT molecular complexity index is 865. The van der Waals surface area contributed by atoms with Crippen LogP contribution in [0.2, 0.25) is 0 Å². The average Bonchev–Trinajstić information content (AvgIpc) is 2.76. The molecule has 0 spiro atoms. The first-order chi connectivity index (χ1) is 14.4. The van der Waals surface area contributed by atoms with Crippen LogP contribution in [0.25, 0.3) is 0 Å². The van der Waals surface area contributed by atoms with E-state index in [9.17, 15) is 14.4 Å². The van der Waals surface area contributed by atoms with E-state index in [-0.39, 0.29) is 30.3 Å². The number of benzene rings is 2. The summed E-state index contributed by atoms with van der Waals surface area (Å²) in [7, 11) is 0. The van der Waals surface area contributed by atoms with Gasteiger partial charge in [-0.3, -0.25) is 14.4 Å². The normalized spacial score (nSPS) is 11.3. The summed E-state index contributed by atoms with van der Waals surface area (Å²) in [6, 6.07) is 13.9. The molecule has 0 radical (unpaired) electrons. The fourth-order valence-corrected chi connectivity index (χ4v) is 2.61. The second-order valence-electron chi connectivity index (χ2n) is 7.10. The second kappa shape index (κ2) is 11.6. The maximum atomic E-state index is 12.2. The van der Waals surface area contributed by atoms with Crippen LogP contribution in [0.4, 0.5) is 11.4 Å². The Labute approximate surface area is 177 Å². The van der Waals surface area contributed by atoms with Crippen molar-refractivity contribution in [3.8, 4) is 0 Å². The highest BCUT2D eigenvalue weighted by Crippen LogP contribution is 2.12. The molecule has 7 heteroatoms. The molecule has 0 saturated carbocycles. The van der Waals surface area contributed by atoms with Gasteiger partial charge in [-0.05, 0) is 62.2 Å². The summed E-state index contributed by atoms with van der Waals surface area (Å²) in [6.45, 7) is 6.63. The van der Waals surface area contributed by atoms with Gasteiger partial charge in [0.1, 0.15) is 0 Å². The van der Waals surface area contributed by atoms with E-state index in [2.05, 4.69) is 21.3 Å². The van der Waals surface area contributed by atoms with Crippen molar-refractivity contribution >= 4 is 29.1 Å². The van der Waals surface area contributed by atoms with Gasteiger partial charge in [-0.2, -0.15) is 0 Å². The molecule has 0 fully saturated rings. The summed E-state index contributed by atoms with van der Waals surface area (Å²) < 4.78 is 0. The van der Waals surface area contributed by atoms with Crippen molar-refractivity contribution in [3.05, 3.63) is 59.7 Å². The van der Waals surface area contributed by atoms with Gasteiger partial charge in [0.15, 0.2) is 0 Å². The average molecular weight is 411 g/mol. The standard InChI is InChI=1S/C23H30N4O3/c1-4-13-24-22(29)17-9-11-19(12-10-17)27-21(28)15-25-20-8-6-7-18(14-20)23(30)26-16(3)5-2/h6-12,14,16,25H,4-5,13,15H2,1-3H3,(H,24,29)(H,26,30)(H,27,28). The van der Waals surface area contributed by atoms with Crippen molar-refractivity contribution in [3.63, 3.8) is 0 Å². The molecule has 2 aromatic rings. The summed E-state index contributed by atoms with van der Waals surface area (Å²) in [5.74, 6) is -0.498. The quantitative estimate of drug-likeness (QED) is 0.482. The van der Waals surface area contributed by atoms with Gasteiger partial charge in [-0.1, -0.05) is 19.9 Å². The van der Waals surface area contributed by atoms with E-state index in [1.165, 1.54) is 0 Å². The van der Waals surface area contributed by atoms with Crippen molar-refractivity contribution in [1.82, 2.24) is 10.6 Å². The second-order valence-corrected chi connectivity index (χ2v) is 7.10. The molecular weight excluding hydrogens is 380 g/mol. The molecule has 160 valence electrons. The third-order valence-electron chi connectivity index (χ3n) is 4.53. The van der Waals surface area contributed by atoms with E-state index in [0.29, 0.717) is 29.0 Å². The number of nitrogens with one attached hydrogen (secondary N) is 4. The molecule has 2 aromatic carbocycles. The molecule has 1 unspecified atom stereocenters. The van der Waals surface area contributed by atoms with Crippen LogP contribution in [0.1, 0.15) is 54.3 Å². The van der Waals surface area contributed by atoms with Gasteiger partial charge in [0.2, 0.25) is 5.91 Å². The lowest BCUT2D eigenvalue weighted by atomic mass is 10.1. The number of amides is 3. The number of carbonyl (C=O) groups excluding carboxylic acids is 3. The zero-order valence-corrected chi connectivity index (χ0v) is 17.7. The molecule has 0 heterocycles. The Morgan fingerprint density at radius 2 is 1.63 bits per heavy atom. The molecule has 0 aliphatic heterocycles. The Hall–Kier alpha value is -3.35. The van der Waals surface area contributed by atoms with Gasteiger partial charge < -0.3 is 21.3 Å². The third-order valence-corrected chi connectivity index (χ3v) is 4.53. The highest BCUT2D eigenvalue weighted by molar-refractivity contribution is 5.97. The molecule has 0 bridgehead atoms. The molecule has 30 heavy (non-hydrogen) atoms. The first-order valence-electron chi connectivity index (χ1n) is 10.3. The van der Waals surface area contributed by atoms with Gasteiger partial charge in [0.05, 0.1) is 6.54 Å². The van der Waals surface area contributed by atoms with Gasteiger partial charge >= 0.3 is 0 Å². The smallest absolute Gasteiger partial charge is 0.251 e. The monoisotopic (exact) mass is 410 g/mol. The Morgan fingerprint density at radius 3 is 2.30 bits per heavy atom. The molecule has 1 atom stereocenters. The first kappa shape index (κ1) is 22.9. The third kappa shape index (κ3) is 7.24. The SMILES string of the molecule is CCCNC(=O)c1ccc(NC(=O)CNc2cccc(C(=O)NC(C)CC)c2)cc1. The molecule has 0 aliphatic rings. The molecule has 4 N–H and O–H groups in total. The molecule has 0 aromatic heterocycles. The Kier molecular flexibility index (Phi) is 8.87. The Balaban J connectivity index is 1.86. The maximum Gasteiger partial charge on any atom is 0.251 e. The van der Waals surface area contributed by atoms with Crippen LogP contribution in [0.15, 0.2) is 48.5 Å². The van der Waals surface area contributed by atoms with Gasteiger partial charge in [-0.25, -0.2) is 0 Å². The highest BCUT2D eigenvalue weighted by atomic mass is 16.2. The van der Waals surface area contributed by atoms with Gasteiger partial charge in [0, 0.05) is 35.1 Å². The molecule has 2 rings (SSSR count). The van der Waals surface area contributed by atoms with Crippen molar-refractivity contribution in [1.29, 1.82) is 0 Å². The number of carbonyl (C=O) groups is 3. The molecule has 0 saturated heterocycles. The van der Waals surface area contributed by atoms with Crippen molar-refractivity contribution in [2.75, 3.05) is 23.7 Å². The predicted octanol–water partition coefficient (Wildman–Crippen LogP) is 3.41. The summed E-state index contributed by atoms with van der Waals surface area (Å²) >= 11 is 0. The minimum Gasteiger partial charge on any atom is -0.376 e. The number of hydrogen-bond donors (Lipinski definition) is 4. The van der Waals surface area contributed by atoms with Crippen LogP contribution in [0.5, 0.6) is 0 Å². The van der Waals surface area contributed by atoms with E-state index in [1.807, 2.05) is 20.8 Å². The predicted molar refractivity (Wildman–Crippen MR) is 120 cm³/mol. The minimum absolute atomic E-state index is 0.0508. The van der Waals surface area contributed by atoms with Gasteiger partial charge in [-0.15, -0.1) is 0 Å². The van der Waals surface area contributed by atoms with E-state index < -0.39 is 0 Å². The largest absolute Gasteiger partial charge is 0.376 e. The lowest BCUT2D eigenvalue weighted by molar-refractivity contribution is -0.114. The molecular formula is C23H30N4O3. The zero-order valence-electron chi connectivity index (χ0n) is 17.7. The number of rotatable bonds is 10. The lowest BCUT2D eigenvalue weighted by Crippen LogP contribution is -2.31. The number of hydrogen-bond acceptors (Lipinski definition) is 4. The Morgan fingerprint density at radius 1 is 0.900 bits per heavy atom. The molecule has 0 aliphatic carbocycles. The fraction of sp³-hybridized carbons (Fsp3) is 0.348. The lowest BCUT2D eigenvalue weighted by Gasteiger charge is -2.13. The maximum absolute atomic E-state index is 12.2. The van der Waals surface area contributed by atoms with E-state index in [4.69, 9.17) is 0 Å². The number of anilines is 2. The molecule has 3 amide bonds. The van der Waals surface area contributed by atoms with Crippen LogP contribution < -0.4 is 21.3 Å². The van der Waals surface area contributed by atoms with Crippen LogP contribution in [-0.2, 0) is 4.79 Å². The van der Waals surface area contributed by atoms with Crippen LogP contribution in [0, 0.1) is 0 Å². The topological polar surface area (TPSA) is 99.3 Å². The van der Waals surface area contributed by atoms with E-state index >= 15 is 0 Å². The fourth-order valence-electron chi connectivity index (χ4n) is 2.61.